The van der Waals surface area contributed by atoms with Gasteiger partial charge in [-0.3, -0.25) is 0 Å². The minimum atomic E-state index is -0.827. The second-order valence-electron chi connectivity index (χ2n) is 4.32. The normalized spacial score (nSPS) is 12.6. The number of nitrogens with one attached hydrogen (secondary N) is 2. The van der Waals surface area contributed by atoms with Gasteiger partial charge in [0.15, 0.2) is 11.6 Å². The van der Waals surface area contributed by atoms with Crippen molar-refractivity contribution in [2.75, 3.05) is 6.54 Å². The molecule has 1 atom stereocenters. The van der Waals surface area contributed by atoms with Crippen molar-refractivity contribution in [3.05, 3.63) is 47.3 Å². The van der Waals surface area contributed by atoms with Gasteiger partial charge in [-0.05, 0) is 31.0 Å². The first kappa shape index (κ1) is 13.6. The molecule has 1 aromatic carbocycles. The summed E-state index contributed by atoms with van der Waals surface area (Å²) in [5, 5.41) is 13.5. The molecule has 2 rings (SSSR count). The topological polar surface area (TPSA) is 53.6 Å². The van der Waals surface area contributed by atoms with Crippen LogP contribution in [0.2, 0.25) is 0 Å². The molecule has 0 aliphatic rings. The Kier molecular flexibility index (Phi) is 4.57. The van der Waals surface area contributed by atoms with E-state index in [1.165, 1.54) is 6.07 Å². The second kappa shape index (κ2) is 6.38. The highest BCUT2D eigenvalue weighted by Crippen LogP contribution is 2.19. The third kappa shape index (κ3) is 3.35. The summed E-state index contributed by atoms with van der Waals surface area (Å²) in [5.41, 5.74) is 1.02. The predicted molar refractivity (Wildman–Crippen MR) is 67.5 cm³/mol. The van der Waals surface area contributed by atoms with Gasteiger partial charge in [-0.15, -0.1) is 0 Å². The molecule has 0 saturated heterocycles. The number of aromatic amines is 1. The SMILES string of the molecule is CCCNC(Cc1cccc(F)c1F)c1cn[nH]n1. The fraction of sp³-hybridized carbons (Fsp3) is 0.385. The summed E-state index contributed by atoms with van der Waals surface area (Å²) in [6, 6.07) is 4.02. The van der Waals surface area contributed by atoms with Crippen LogP contribution in [0, 0.1) is 11.6 Å². The van der Waals surface area contributed by atoms with Gasteiger partial charge in [-0.1, -0.05) is 19.1 Å². The van der Waals surface area contributed by atoms with Gasteiger partial charge in [0.25, 0.3) is 0 Å². The lowest BCUT2D eigenvalue weighted by atomic mass is 10.0. The Bertz CT molecular complexity index is 513. The third-order valence-corrected chi connectivity index (χ3v) is 2.89. The van der Waals surface area contributed by atoms with Crippen molar-refractivity contribution in [2.24, 2.45) is 0 Å². The molecule has 1 heterocycles. The average molecular weight is 266 g/mol. The molecule has 6 heteroatoms. The molecule has 0 radical (unpaired) electrons. The van der Waals surface area contributed by atoms with E-state index in [1.807, 2.05) is 6.92 Å². The van der Waals surface area contributed by atoms with Gasteiger partial charge in [0.2, 0.25) is 0 Å². The molecule has 19 heavy (non-hydrogen) atoms. The van der Waals surface area contributed by atoms with E-state index in [-0.39, 0.29) is 6.04 Å². The molecular formula is C13H16F2N4. The summed E-state index contributed by atoms with van der Waals surface area (Å²) in [6.07, 6.45) is 2.86. The molecule has 0 amide bonds. The van der Waals surface area contributed by atoms with Gasteiger partial charge in [0.1, 0.15) is 0 Å². The number of halogens is 2. The van der Waals surface area contributed by atoms with Crippen molar-refractivity contribution in [1.82, 2.24) is 20.7 Å². The maximum Gasteiger partial charge on any atom is 0.162 e. The summed E-state index contributed by atoms with van der Waals surface area (Å²) in [7, 11) is 0. The molecule has 0 bridgehead atoms. The van der Waals surface area contributed by atoms with Crippen molar-refractivity contribution in [1.29, 1.82) is 0 Å². The number of H-pyrrole nitrogens is 1. The number of aromatic nitrogens is 3. The summed E-state index contributed by atoms with van der Waals surface area (Å²) in [5.74, 6) is -1.62. The summed E-state index contributed by atoms with van der Waals surface area (Å²) in [6.45, 7) is 2.81. The van der Waals surface area contributed by atoms with Crippen LogP contribution in [0.25, 0.3) is 0 Å². The quantitative estimate of drug-likeness (QED) is 0.844. The fourth-order valence-corrected chi connectivity index (χ4v) is 1.90. The van der Waals surface area contributed by atoms with Crippen LogP contribution in [0.3, 0.4) is 0 Å². The molecule has 0 aliphatic heterocycles. The Balaban J connectivity index is 2.18. The van der Waals surface area contributed by atoms with Crippen molar-refractivity contribution >= 4 is 0 Å². The zero-order valence-corrected chi connectivity index (χ0v) is 10.7. The molecule has 102 valence electrons. The molecule has 2 N–H and O–H groups in total. The Hall–Kier alpha value is -1.82. The van der Waals surface area contributed by atoms with Crippen LogP contribution < -0.4 is 5.32 Å². The van der Waals surface area contributed by atoms with Crippen LogP contribution in [0.4, 0.5) is 8.78 Å². The molecule has 0 spiro atoms. The minimum Gasteiger partial charge on any atom is -0.308 e. The zero-order chi connectivity index (χ0) is 13.7. The number of benzene rings is 1. The van der Waals surface area contributed by atoms with E-state index in [4.69, 9.17) is 0 Å². The molecule has 0 saturated carbocycles. The van der Waals surface area contributed by atoms with Crippen LogP contribution in [0.5, 0.6) is 0 Å². The van der Waals surface area contributed by atoms with E-state index >= 15 is 0 Å². The molecule has 0 aliphatic carbocycles. The van der Waals surface area contributed by atoms with Gasteiger partial charge in [-0.2, -0.15) is 15.4 Å². The Morgan fingerprint density at radius 1 is 1.37 bits per heavy atom. The number of hydrogen-bond acceptors (Lipinski definition) is 3. The third-order valence-electron chi connectivity index (χ3n) is 2.89. The number of nitrogens with zero attached hydrogens (tertiary/aromatic N) is 2. The lowest BCUT2D eigenvalue weighted by molar-refractivity contribution is 0.473. The van der Waals surface area contributed by atoms with Crippen molar-refractivity contribution in [3.8, 4) is 0 Å². The second-order valence-corrected chi connectivity index (χ2v) is 4.32. The van der Waals surface area contributed by atoms with Crippen molar-refractivity contribution < 1.29 is 8.78 Å². The first-order valence-electron chi connectivity index (χ1n) is 6.24. The van der Waals surface area contributed by atoms with E-state index in [2.05, 4.69) is 20.7 Å². The first-order valence-corrected chi connectivity index (χ1v) is 6.24. The largest absolute Gasteiger partial charge is 0.308 e. The standard InChI is InChI=1S/C13H16F2N4/c1-2-6-16-11(12-8-17-19-18-12)7-9-4-3-5-10(14)13(9)15/h3-5,8,11,16H,2,6-7H2,1H3,(H,17,18,19). The highest BCUT2D eigenvalue weighted by atomic mass is 19.2. The van der Waals surface area contributed by atoms with E-state index in [0.717, 1.165) is 19.0 Å². The molecule has 1 aromatic heterocycles. The summed E-state index contributed by atoms with van der Waals surface area (Å²) in [4.78, 5) is 0. The Labute approximate surface area is 110 Å². The average Bonchev–Trinajstić information content (AvgIpc) is 2.93. The van der Waals surface area contributed by atoms with Gasteiger partial charge >= 0.3 is 0 Å². The lowest BCUT2D eigenvalue weighted by Gasteiger charge is -2.16. The van der Waals surface area contributed by atoms with Crippen LogP contribution in [-0.4, -0.2) is 22.0 Å². The van der Waals surface area contributed by atoms with Crippen LogP contribution in [0.15, 0.2) is 24.4 Å². The van der Waals surface area contributed by atoms with Crippen LogP contribution in [-0.2, 0) is 6.42 Å². The molecular weight excluding hydrogens is 250 g/mol. The monoisotopic (exact) mass is 266 g/mol. The Morgan fingerprint density at radius 2 is 2.21 bits per heavy atom. The molecule has 1 unspecified atom stereocenters. The van der Waals surface area contributed by atoms with Gasteiger partial charge < -0.3 is 5.32 Å². The van der Waals surface area contributed by atoms with Crippen LogP contribution >= 0.6 is 0 Å². The lowest BCUT2D eigenvalue weighted by Crippen LogP contribution is -2.25. The van der Waals surface area contributed by atoms with Crippen LogP contribution in [0.1, 0.15) is 30.6 Å². The van der Waals surface area contributed by atoms with Gasteiger partial charge in [0, 0.05) is 0 Å². The molecule has 4 nitrogen and oxygen atoms in total. The summed E-state index contributed by atoms with van der Waals surface area (Å²) >= 11 is 0. The zero-order valence-electron chi connectivity index (χ0n) is 10.7. The van der Waals surface area contributed by atoms with Gasteiger partial charge in [0.05, 0.1) is 17.9 Å². The number of hydrogen-bond donors (Lipinski definition) is 2. The number of rotatable bonds is 6. The van der Waals surface area contributed by atoms with E-state index < -0.39 is 11.6 Å². The highest BCUT2D eigenvalue weighted by molar-refractivity contribution is 5.21. The van der Waals surface area contributed by atoms with E-state index in [1.54, 1.807) is 12.3 Å². The molecule has 2 aromatic rings. The van der Waals surface area contributed by atoms with Gasteiger partial charge in [-0.25, -0.2) is 8.78 Å². The Morgan fingerprint density at radius 3 is 2.89 bits per heavy atom. The predicted octanol–water partition coefficient (Wildman–Crippen LogP) is 2.37. The fourth-order valence-electron chi connectivity index (χ4n) is 1.90. The smallest absolute Gasteiger partial charge is 0.162 e. The maximum absolute atomic E-state index is 13.7. The van der Waals surface area contributed by atoms with Crippen molar-refractivity contribution in [2.45, 2.75) is 25.8 Å². The molecule has 0 fully saturated rings. The van der Waals surface area contributed by atoms with Crippen molar-refractivity contribution in [3.63, 3.8) is 0 Å². The highest BCUT2D eigenvalue weighted by Gasteiger charge is 2.17. The van der Waals surface area contributed by atoms with E-state index in [9.17, 15) is 8.78 Å². The minimum absolute atomic E-state index is 0.185. The first-order chi connectivity index (χ1) is 9.22. The van der Waals surface area contributed by atoms with E-state index in [0.29, 0.717) is 17.7 Å². The summed E-state index contributed by atoms with van der Waals surface area (Å²) < 4.78 is 26.9. The maximum atomic E-state index is 13.7.